The van der Waals surface area contributed by atoms with E-state index in [9.17, 15) is 9.59 Å². The van der Waals surface area contributed by atoms with Crippen molar-refractivity contribution < 1.29 is 9.59 Å². The number of carbonyl (C=O) groups excluding carboxylic acids is 2. The van der Waals surface area contributed by atoms with Gasteiger partial charge < -0.3 is 10.6 Å². The van der Waals surface area contributed by atoms with E-state index in [1.54, 1.807) is 36.4 Å². The Morgan fingerprint density at radius 1 is 1.05 bits per heavy atom. The van der Waals surface area contributed by atoms with Crippen LogP contribution in [0.5, 0.6) is 0 Å². The van der Waals surface area contributed by atoms with E-state index in [0.29, 0.717) is 23.4 Å². The second-order valence-electron chi connectivity index (χ2n) is 4.82. The van der Waals surface area contributed by atoms with Gasteiger partial charge in [0, 0.05) is 16.9 Å². The summed E-state index contributed by atoms with van der Waals surface area (Å²) in [6.07, 6.45) is 1.56. The highest BCUT2D eigenvalue weighted by Crippen LogP contribution is 2.15. The lowest BCUT2D eigenvalue weighted by Gasteiger charge is -2.09. The van der Waals surface area contributed by atoms with Crippen LogP contribution in [0.15, 0.2) is 55.1 Å². The van der Waals surface area contributed by atoms with Crippen LogP contribution in [0.4, 0.5) is 5.69 Å². The van der Waals surface area contributed by atoms with E-state index < -0.39 is 0 Å². The number of hydrogen-bond donors (Lipinski definition) is 2. The Labute approximate surface area is 129 Å². The molecule has 0 heterocycles. The first kappa shape index (κ1) is 15.5. The van der Waals surface area contributed by atoms with E-state index in [4.69, 9.17) is 0 Å². The third-order valence-electron chi connectivity index (χ3n) is 3.35. The summed E-state index contributed by atoms with van der Waals surface area (Å²) in [5, 5.41) is 5.33. The van der Waals surface area contributed by atoms with Crippen LogP contribution in [0, 0.1) is 0 Å². The van der Waals surface area contributed by atoms with Gasteiger partial charge in [-0.25, -0.2) is 0 Å². The molecule has 0 bridgehead atoms. The summed E-state index contributed by atoms with van der Waals surface area (Å²) in [7, 11) is 0. The summed E-state index contributed by atoms with van der Waals surface area (Å²) in [6.45, 7) is 5.95. The molecule has 4 heteroatoms. The van der Waals surface area contributed by atoms with Gasteiger partial charge in [-0.1, -0.05) is 37.8 Å². The predicted octanol–water partition coefficient (Wildman–Crippen LogP) is 3.22. The molecule has 0 aromatic heterocycles. The third kappa shape index (κ3) is 3.82. The van der Waals surface area contributed by atoms with Crippen molar-refractivity contribution in [1.29, 1.82) is 0 Å². The monoisotopic (exact) mass is 294 g/mol. The van der Waals surface area contributed by atoms with Crippen LogP contribution < -0.4 is 10.6 Å². The van der Waals surface area contributed by atoms with E-state index in [0.717, 1.165) is 12.0 Å². The summed E-state index contributed by atoms with van der Waals surface area (Å²) in [5.74, 6) is -0.192. The Hall–Kier alpha value is -2.88. The first-order valence-electron chi connectivity index (χ1n) is 7.04. The van der Waals surface area contributed by atoms with Crippen molar-refractivity contribution in [2.24, 2.45) is 0 Å². The summed E-state index contributed by atoms with van der Waals surface area (Å²) in [5.41, 5.74) is 3.77. The molecule has 0 aliphatic heterocycles. The number of nitrogens with one attached hydrogen (secondary N) is 2. The number of rotatable bonds is 6. The molecule has 22 heavy (non-hydrogen) atoms. The number of amides is 2. The summed E-state index contributed by atoms with van der Waals surface area (Å²) >= 11 is 0. The Kier molecular flexibility index (Phi) is 5.09. The quantitative estimate of drug-likeness (QED) is 0.804. The molecule has 112 valence electrons. The van der Waals surface area contributed by atoms with Gasteiger partial charge in [0.05, 0.1) is 0 Å². The molecule has 0 unspecified atom stereocenters. The highest BCUT2D eigenvalue weighted by atomic mass is 16.1. The number of aryl methyl sites for hydroxylation is 1. The van der Waals surface area contributed by atoms with Crippen molar-refractivity contribution in [3.05, 3.63) is 71.8 Å². The Bertz CT molecular complexity index is 673. The van der Waals surface area contributed by atoms with E-state index in [-0.39, 0.29) is 5.91 Å². The average Bonchev–Trinajstić information content (AvgIpc) is 2.55. The SMILES string of the molecule is C=C(NC(=O)c1ccc(CC)cc1)c1ccc(NC=O)cc1. The van der Waals surface area contributed by atoms with Gasteiger partial charge in [0.25, 0.3) is 5.91 Å². The molecule has 4 nitrogen and oxygen atoms in total. The fraction of sp³-hybridized carbons (Fsp3) is 0.111. The Balaban J connectivity index is 2.03. The molecular weight excluding hydrogens is 276 g/mol. The van der Waals surface area contributed by atoms with E-state index in [2.05, 4.69) is 24.1 Å². The summed E-state index contributed by atoms with van der Waals surface area (Å²) < 4.78 is 0. The van der Waals surface area contributed by atoms with Crippen molar-refractivity contribution in [3.63, 3.8) is 0 Å². The zero-order valence-corrected chi connectivity index (χ0v) is 12.4. The van der Waals surface area contributed by atoms with E-state index in [1.165, 1.54) is 5.56 Å². The molecule has 2 rings (SSSR count). The lowest BCUT2D eigenvalue weighted by atomic mass is 10.1. The largest absolute Gasteiger partial charge is 0.329 e. The van der Waals surface area contributed by atoms with Gasteiger partial charge in [0.1, 0.15) is 0 Å². The molecule has 0 saturated carbocycles. The Morgan fingerprint density at radius 2 is 1.64 bits per heavy atom. The minimum absolute atomic E-state index is 0.192. The lowest BCUT2D eigenvalue weighted by molar-refractivity contribution is -0.105. The molecule has 2 amide bonds. The molecule has 0 fully saturated rings. The second-order valence-corrected chi connectivity index (χ2v) is 4.82. The topological polar surface area (TPSA) is 58.2 Å². The normalized spacial score (nSPS) is 9.86. The highest BCUT2D eigenvalue weighted by molar-refractivity contribution is 5.99. The molecule has 2 aromatic carbocycles. The summed E-state index contributed by atoms with van der Waals surface area (Å²) in [4.78, 5) is 22.5. The standard InChI is InChI=1S/C18H18N2O2/c1-3-14-4-6-16(7-5-14)18(22)20-13(2)15-8-10-17(11-9-15)19-12-21/h4-12H,2-3H2,1H3,(H,19,21)(H,20,22). The predicted molar refractivity (Wildman–Crippen MR) is 88.4 cm³/mol. The molecule has 0 atom stereocenters. The molecular formula is C18H18N2O2. The molecule has 0 spiro atoms. The van der Waals surface area contributed by atoms with Gasteiger partial charge in [-0.2, -0.15) is 0 Å². The highest BCUT2D eigenvalue weighted by Gasteiger charge is 2.08. The fourth-order valence-corrected chi connectivity index (χ4v) is 2.01. The zero-order chi connectivity index (χ0) is 15.9. The van der Waals surface area contributed by atoms with Crippen molar-refractivity contribution in [3.8, 4) is 0 Å². The van der Waals surface area contributed by atoms with E-state index >= 15 is 0 Å². The zero-order valence-electron chi connectivity index (χ0n) is 12.4. The maximum Gasteiger partial charge on any atom is 0.255 e. The lowest BCUT2D eigenvalue weighted by Crippen LogP contribution is -2.21. The number of benzene rings is 2. The van der Waals surface area contributed by atoms with Gasteiger partial charge in [0.2, 0.25) is 6.41 Å². The number of carbonyl (C=O) groups is 2. The maximum absolute atomic E-state index is 12.2. The molecule has 0 saturated heterocycles. The molecule has 0 radical (unpaired) electrons. The molecule has 2 N–H and O–H groups in total. The van der Waals surface area contributed by atoms with Crippen molar-refractivity contribution in [2.45, 2.75) is 13.3 Å². The van der Waals surface area contributed by atoms with Crippen LogP contribution in [0.3, 0.4) is 0 Å². The fourth-order valence-electron chi connectivity index (χ4n) is 2.01. The van der Waals surface area contributed by atoms with Crippen LogP contribution in [0.25, 0.3) is 5.70 Å². The van der Waals surface area contributed by atoms with Crippen molar-refractivity contribution in [1.82, 2.24) is 5.32 Å². The van der Waals surface area contributed by atoms with Gasteiger partial charge in [-0.3, -0.25) is 9.59 Å². The first-order chi connectivity index (χ1) is 10.6. The average molecular weight is 294 g/mol. The summed E-state index contributed by atoms with van der Waals surface area (Å²) in [6, 6.07) is 14.6. The van der Waals surface area contributed by atoms with Crippen LogP contribution in [0.2, 0.25) is 0 Å². The number of anilines is 1. The van der Waals surface area contributed by atoms with Crippen molar-refractivity contribution >= 4 is 23.7 Å². The van der Waals surface area contributed by atoms with Gasteiger partial charge >= 0.3 is 0 Å². The van der Waals surface area contributed by atoms with Crippen LogP contribution in [-0.2, 0) is 11.2 Å². The number of hydrogen-bond acceptors (Lipinski definition) is 2. The molecule has 2 aromatic rings. The Morgan fingerprint density at radius 3 is 2.18 bits per heavy atom. The first-order valence-corrected chi connectivity index (χ1v) is 7.04. The third-order valence-corrected chi connectivity index (χ3v) is 3.35. The van der Waals surface area contributed by atoms with Crippen LogP contribution in [0.1, 0.15) is 28.4 Å². The van der Waals surface area contributed by atoms with Crippen LogP contribution in [-0.4, -0.2) is 12.3 Å². The maximum atomic E-state index is 12.2. The van der Waals surface area contributed by atoms with Gasteiger partial charge in [-0.05, 0) is 41.8 Å². The van der Waals surface area contributed by atoms with Gasteiger partial charge in [0.15, 0.2) is 0 Å². The van der Waals surface area contributed by atoms with Crippen LogP contribution >= 0.6 is 0 Å². The van der Waals surface area contributed by atoms with Crippen molar-refractivity contribution in [2.75, 3.05) is 5.32 Å². The minimum Gasteiger partial charge on any atom is -0.329 e. The molecule has 0 aliphatic rings. The smallest absolute Gasteiger partial charge is 0.255 e. The van der Waals surface area contributed by atoms with E-state index in [1.807, 2.05) is 12.1 Å². The minimum atomic E-state index is -0.192. The second kappa shape index (κ2) is 7.22. The van der Waals surface area contributed by atoms with Gasteiger partial charge in [-0.15, -0.1) is 0 Å². The molecule has 0 aliphatic carbocycles.